The number of carbonyl (C=O) groups excluding carboxylic acids is 2. The van der Waals surface area contributed by atoms with Crippen LogP contribution in [0.4, 0.5) is 16.2 Å². The fraction of sp³-hybridized carbons (Fsp3) is 0.579. The first-order valence-corrected chi connectivity index (χ1v) is 9.04. The predicted molar refractivity (Wildman–Crippen MR) is 97.5 cm³/mol. The predicted octanol–water partition coefficient (Wildman–Crippen LogP) is 1.91. The molecule has 2 aliphatic heterocycles. The Bertz CT molecular complexity index is 727. The van der Waals surface area contributed by atoms with Crippen LogP contribution in [0.1, 0.15) is 27.2 Å². The molecule has 2 heterocycles. The Labute approximate surface area is 153 Å². The Morgan fingerprint density at radius 3 is 2.38 bits per heavy atom. The summed E-state index contributed by atoms with van der Waals surface area (Å²) >= 11 is 0. The van der Waals surface area contributed by atoms with Gasteiger partial charge in [-0.05, 0) is 45.0 Å². The van der Waals surface area contributed by atoms with Crippen LogP contribution in [0.15, 0.2) is 24.3 Å². The summed E-state index contributed by atoms with van der Waals surface area (Å²) in [6, 6.07) is 7.67. The zero-order chi connectivity index (χ0) is 18.5. The molecule has 7 nitrogen and oxygen atoms in total. The monoisotopic (exact) mass is 359 g/mol. The lowest BCUT2D eigenvalue weighted by Gasteiger charge is -2.27. The van der Waals surface area contributed by atoms with E-state index in [4.69, 9.17) is 9.47 Å². The van der Waals surface area contributed by atoms with Crippen LogP contribution >= 0.6 is 0 Å². The smallest absolute Gasteiger partial charge is 0.415 e. The third kappa shape index (κ3) is 3.17. The molecule has 3 fully saturated rings. The third-order valence-corrected chi connectivity index (χ3v) is 5.03. The fourth-order valence-electron chi connectivity index (χ4n) is 3.67. The summed E-state index contributed by atoms with van der Waals surface area (Å²) in [6.45, 7) is 8.09. The van der Waals surface area contributed by atoms with Crippen molar-refractivity contribution in [2.75, 3.05) is 36.1 Å². The number of morpholine rings is 1. The first-order valence-electron chi connectivity index (χ1n) is 9.04. The lowest BCUT2D eigenvalue weighted by atomic mass is 10.1. The molecule has 2 amide bonds. The zero-order valence-corrected chi connectivity index (χ0v) is 15.4. The number of benzene rings is 1. The Kier molecular flexibility index (Phi) is 3.96. The molecule has 1 aliphatic carbocycles. The molecule has 2 saturated heterocycles. The molecule has 1 N–H and O–H groups in total. The van der Waals surface area contributed by atoms with Gasteiger partial charge in [-0.2, -0.15) is 0 Å². The van der Waals surface area contributed by atoms with Crippen molar-refractivity contribution in [1.82, 2.24) is 5.32 Å². The van der Waals surface area contributed by atoms with Crippen LogP contribution in [0.3, 0.4) is 0 Å². The highest BCUT2D eigenvalue weighted by atomic mass is 16.6. The van der Waals surface area contributed by atoms with E-state index in [-0.39, 0.29) is 30.2 Å². The van der Waals surface area contributed by atoms with Crippen molar-refractivity contribution in [1.29, 1.82) is 0 Å². The third-order valence-electron chi connectivity index (χ3n) is 5.03. The summed E-state index contributed by atoms with van der Waals surface area (Å²) < 4.78 is 10.9. The van der Waals surface area contributed by atoms with Crippen molar-refractivity contribution in [3.05, 3.63) is 24.3 Å². The van der Waals surface area contributed by atoms with Gasteiger partial charge in [-0.3, -0.25) is 9.69 Å². The van der Waals surface area contributed by atoms with Gasteiger partial charge in [0.15, 0.2) is 0 Å². The van der Waals surface area contributed by atoms with Gasteiger partial charge in [-0.15, -0.1) is 0 Å². The minimum atomic E-state index is -0.413. The largest absolute Gasteiger partial charge is 0.439 e. The van der Waals surface area contributed by atoms with Crippen molar-refractivity contribution in [2.24, 2.45) is 0 Å². The van der Waals surface area contributed by atoms with Gasteiger partial charge >= 0.3 is 6.09 Å². The van der Waals surface area contributed by atoms with Crippen LogP contribution < -0.4 is 15.1 Å². The topological polar surface area (TPSA) is 71.1 Å². The minimum absolute atomic E-state index is 0.0136. The number of nitrogens with zero attached hydrogens (tertiary/aromatic N) is 2. The SMILES string of the molecule is CC(C)(C)NC1CC12CN(c1ccc(N3CCOCC3=O)cc1)C(=O)O2. The van der Waals surface area contributed by atoms with Crippen molar-refractivity contribution >= 4 is 23.4 Å². The zero-order valence-electron chi connectivity index (χ0n) is 15.4. The van der Waals surface area contributed by atoms with E-state index in [1.54, 1.807) is 9.80 Å². The molecule has 0 bridgehead atoms. The van der Waals surface area contributed by atoms with Crippen LogP contribution in [0.5, 0.6) is 0 Å². The highest BCUT2D eigenvalue weighted by molar-refractivity contribution is 5.96. The molecule has 2 atom stereocenters. The standard InChI is InChI=1S/C19H25N3O4/c1-18(2,3)20-15-10-19(15)12-22(17(24)26-19)14-6-4-13(5-7-14)21-8-9-25-11-16(21)23/h4-7,15,20H,8-12H2,1-3H3. The Hall–Kier alpha value is -2.12. The molecule has 26 heavy (non-hydrogen) atoms. The van der Waals surface area contributed by atoms with Crippen molar-refractivity contribution in [3.63, 3.8) is 0 Å². The van der Waals surface area contributed by atoms with E-state index in [0.717, 1.165) is 17.8 Å². The van der Waals surface area contributed by atoms with E-state index in [1.807, 2.05) is 24.3 Å². The molecule has 0 aromatic heterocycles. The lowest BCUT2D eigenvalue weighted by Crippen LogP contribution is -2.42. The van der Waals surface area contributed by atoms with E-state index in [9.17, 15) is 9.59 Å². The molecule has 3 aliphatic rings. The summed E-state index contributed by atoms with van der Waals surface area (Å²) in [5, 5.41) is 3.52. The molecule has 1 aromatic carbocycles. The summed E-state index contributed by atoms with van der Waals surface area (Å²) in [5.74, 6) is -0.0439. The molecule has 2 unspecified atom stereocenters. The van der Waals surface area contributed by atoms with Crippen molar-refractivity contribution in [2.45, 2.75) is 44.4 Å². The van der Waals surface area contributed by atoms with E-state index in [2.05, 4.69) is 26.1 Å². The van der Waals surface area contributed by atoms with Crippen LogP contribution in [0.2, 0.25) is 0 Å². The second-order valence-corrected chi connectivity index (χ2v) is 8.28. The van der Waals surface area contributed by atoms with Crippen LogP contribution in [0, 0.1) is 0 Å². The van der Waals surface area contributed by atoms with Gasteiger partial charge in [-0.1, -0.05) is 0 Å². The molecule has 4 rings (SSSR count). The Morgan fingerprint density at radius 1 is 1.12 bits per heavy atom. The number of anilines is 2. The number of hydrogen-bond donors (Lipinski definition) is 1. The molecule has 7 heteroatoms. The maximum Gasteiger partial charge on any atom is 0.415 e. The maximum absolute atomic E-state index is 12.4. The van der Waals surface area contributed by atoms with E-state index in [0.29, 0.717) is 19.7 Å². The molecular weight excluding hydrogens is 334 g/mol. The number of ether oxygens (including phenoxy) is 2. The van der Waals surface area contributed by atoms with E-state index < -0.39 is 5.60 Å². The second kappa shape index (κ2) is 5.96. The highest BCUT2D eigenvalue weighted by Crippen LogP contribution is 2.47. The maximum atomic E-state index is 12.4. The Morgan fingerprint density at radius 2 is 1.77 bits per heavy atom. The van der Waals surface area contributed by atoms with E-state index >= 15 is 0 Å². The van der Waals surface area contributed by atoms with Gasteiger partial charge in [0.25, 0.3) is 5.91 Å². The number of amides is 2. The van der Waals surface area contributed by atoms with Gasteiger partial charge in [0.1, 0.15) is 12.2 Å². The van der Waals surface area contributed by atoms with Gasteiger partial charge in [0.2, 0.25) is 0 Å². The first kappa shape index (κ1) is 17.3. The van der Waals surface area contributed by atoms with Gasteiger partial charge < -0.3 is 19.7 Å². The second-order valence-electron chi connectivity index (χ2n) is 8.28. The quantitative estimate of drug-likeness (QED) is 0.893. The molecule has 0 radical (unpaired) electrons. The number of carbonyl (C=O) groups is 2. The van der Waals surface area contributed by atoms with Gasteiger partial charge in [0.05, 0.1) is 19.2 Å². The molecule has 1 saturated carbocycles. The van der Waals surface area contributed by atoms with Gasteiger partial charge in [0, 0.05) is 29.9 Å². The number of rotatable bonds is 3. The van der Waals surface area contributed by atoms with Crippen LogP contribution in [-0.2, 0) is 14.3 Å². The highest BCUT2D eigenvalue weighted by Gasteiger charge is 2.64. The van der Waals surface area contributed by atoms with Crippen molar-refractivity contribution in [3.8, 4) is 0 Å². The summed E-state index contributed by atoms with van der Waals surface area (Å²) in [5.41, 5.74) is 1.18. The molecule has 1 aromatic rings. The normalized spacial score (nSPS) is 28.7. The van der Waals surface area contributed by atoms with Crippen molar-refractivity contribution < 1.29 is 19.1 Å². The first-order chi connectivity index (χ1) is 12.3. The molecular formula is C19H25N3O4. The number of nitrogens with one attached hydrogen (secondary N) is 1. The lowest BCUT2D eigenvalue weighted by molar-refractivity contribution is -0.125. The fourth-order valence-corrected chi connectivity index (χ4v) is 3.67. The number of hydrogen-bond acceptors (Lipinski definition) is 5. The van der Waals surface area contributed by atoms with Crippen LogP contribution in [0.25, 0.3) is 0 Å². The van der Waals surface area contributed by atoms with Crippen LogP contribution in [-0.4, -0.2) is 55.5 Å². The molecule has 140 valence electrons. The summed E-state index contributed by atoms with van der Waals surface area (Å²) in [4.78, 5) is 27.7. The average molecular weight is 359 g/mol. The average Bonchev–Trinajstić information content (AvgIpc) is 3.09. The Balaban J connectivity index is 1.45. The summed E-state index contributed by atoms with van der Waals surface area (Å²) in [6.07, 6.45) is 0.533. The minimum Gasteiger partial charge on any atom is -0.439 e. The van der Waals surface area contributed by atoms with E-state index in [1.165, 1.54) is 0 Å². The summed E-state index contributed by atoms with van der Waals surface area (Å²) in [7, 11) is 0. The van der Waals surface area contributed by atoms with Gasteiger partial charge in [-0.25, -0.2) is 4.79 Å². The molecule has 1 spiro atoms.